The monoisotopic (exact) mass is 232 g/mol. The number of nitrogens with one attached hydrogen (secondary N) is 1. The number of hydrogen-bond donors (Lipinski definition) is 2. The van der Waals surface area contributed by atoms with Crippen molar-refractivity contribution in [2.75, 3.05) is 0 Å². The molecule has 1 saturated heterocycles. The Bertz CT molecular complexity index is 397. The number of rotatable bonds is 2. The van der Waals surface area contributed by atoms with Gasteiger partial charge in [0.2, 0.25) is 5.91 Å². The number of piperidine rings is 1. The standard InChI is InChI=1S/C14H20N2O/c1-9(2)10-3-5-11(6-4-10)14-12(15)7-8-13(17)16-14/h3-6,9,12,14H,7-8,15H2,1-2H3,(H,16,17). The molecule has 0 radical (unpaired) electrons. The maximum atomic E-state index is 11.4. The van der Waals surface area contributed by atoms with Crippen LogP contribution in [0, 0.1) is 0 Å². The first-order valence-electron chi connectivity index (χ1n) is 6.22. The summed E-state index contributed by atoms with van der Waals surface area (Å²) in [6, 6.07) is 8.38. The molecular weight excluding hydrogens is 212 g/mol. The van der Waals surface area contributed by atoms with Gasteiger partial charge < -0.3 is 11.1 Å². The zero-order chi connectivity index (χ0) is 12.4. The number of amides is 1. The number of benzene rings is 1. The van der Waals surface area contributed by atoms with Gasteiger partial charge in [-0.2, -0.15) is 0 Å². The molecule has 2 unspecified atom stereocenters. The minimum Gasteiger partial charge on any atom is -0.348 e. The van der Waals surface area contributed by atoms with Gasteiger partial charge >= 0.3 is 0 Å². The second kappa shape index (κ2) is 4.88. The van der Waals surface area contributed by atoms with Crippen LogP contribution in [-0.4, -0.2) is 11.9 Å². The van der Waals surface area contributed by atoms with Crippen LogP contribution in [0.25, 0.3) is 0 Å². The molecule has 0 aliphatic carbocycles. The molecule has 1 heterocycles. The second-order valence-electron chi connectivity index (χ2n) is 5.07. The second-order valence-corrected chi connectivity index (χ2v) is 5.07. The molecule has 1 aliphatic rings. The van der Waals surface area contributed by atoms with E-state index in [1.54, 1.807) is 0 Å². The molecule has 1 amide bonds. The van der Waals surface area contributed by atoms with Crippen LogP contribution in [0.1, 0.15) is 49.8 Å². The quantitative estimate of drug-likeness (QED) is 0.820. The highest BCUT2D eigenvalue weighted by molar-refractivity contribution is 5.77. The van der Waals surface area contributed by atoms with Gasteiger partial charge in [-0.25, -0.2) is 0 Å². The summed E-state index contributed by atoms with van der Waals surface area (Å²) in [5, 5.41) is 2.97. The minimum absolute atomic E-state index is 0.0256. The van der Waals surface area contributed by atoms with Crippen molar-refractivity contribution in [2.24, 2.45) is 5.73 Å². The SMILES string of the molecule is CC(C)c1ccc(C2NC(=O)CCC2N)cc1. The number of nitrogens with two attached hydrogens (primary N) is 1. The molecule has 2 atom stereocenters. The summed E-state index contributed by atoms with van der Waals surface area (Å²) in [4.78, 5) is 11.4. The van der Waals surface area contributed by atoms with E-state index < -0.39 is 0 Å². The lowest BCUT2D eigenvalue weighted by Gasteiger charge is -2.30. The molecular formula is C14H20N2O. The smallest absolute Gasteiger partial charge is 0.220 e. The van der Waals surface area contributed by atoms with Crippen molar-refractivity contribution in [3.63, 3.8) is 0 Å². The molecule has 3 heteroatoms. The van der Waals surface area contributed by atoms with E-state index in [-0.39, 0.29) is 18.0 Å². The fraction of sp³-hybridized carbons (Fsp3) is 0.500. The van der Waals surface area contributed by atoms with Crippen molar-refractivity contribution in [1.29, 1.82) is 0 Å². The Kier molecular flexibility index (Phi) is 3.48. The van der Waals surface area contributed by atoms with Crippen LogP contribution in [0.2, 0.25) is 0 Å². The van der Waals surface area contributed by atoms with Gasteiger partial charge in [0.1, 0.15) is 0 Å². The summed E-state index contributed by atoms with van der Waals surface area (Å²) < 4.78 is 0. The minimum atomic E-state index is -0.0301. The maximum absolute atomic E-state index is 11.4. The zero-order valence-electron chi connectivity index (χ0n) is 10.4. The lowest BCUT2D eigenvalue weighted by Crippen LogP contribution is -2.45. The van der Waals surface area contributed by atoms with Gasteiger partial charge in [0, 0.05) is 12.5 Å². The highest BCUT2D eigenvalue weighted by Gasteiger charge is 2.26. The third kappa shape index (κ3) is 2.67. The van der Waals surface area contributed by atoms with E-state index in [0.29, 0.717) is 12.3 Å². The first kappa shape index (κ1) is 12.1. The Labute approximate surface area is 102 Å². The van der Waals surface area contributed by atoms with Gasteiger partial charge in [-0.1, -0.05) is 38.1 Å². The van der Waals surface area contributed by atoms with E-state index in [1.165, 1.54) is 5.56 Å². The van der Waals surface area contributed by atoms with Crippen LogP contribution >= 0.6 is 0 Å². The molecule has 1 fully saturated rings. The summed E-state index contributed by atoms with van der Waals surface area (Å²) >= 11 is 0. The van der Waals surface area contributed by atoms with Crippen molar-refractivity contribution >= 4 is 5.91 Å². The average molecular weight is 232 g/mol. The van der Waals surface area contributed by atoms with E-state index in [1.807, 2.05) is 0 Å². The largest absolute Gasteiger partial charge is 0.348 e. The third-order valence-electron chi connectivity index (χ3n) is 3.41. The number of carbonyl (C=O) groups excluding carboxylic acids is 1. The molecule has 0 spiro atoms. The summed E-state index contributed by atoms with van der Waals surface area (Å²) in [6.07, 6.45) is 1.31. The Morgan fingerprint density at radius 1 is 1.29 bits per heavy atom. The molecule has 3 nitrogen and oxygen atoms in total. The topological polar surface area (TPSA) is 55.1 Å². The molecule has 92 valence electrons. The van der Waals surface area contributed by atoms with Crippen LogP contribution in [-0.2, 0) is 4.79 Å². The van der Waals surface area contributed by atoms with Crippen LogP contribution in [0.5, 0.6) is 0 Å². The van der Waals surface area contributed by atoms with Gasteiger partial charge in [-0.3, -0.25) is 4.79 Å². The van der Waals surface area contributed by atoms with E-state index in [0.717, 1.165) is 12.0 Å². The van der Waals surface area contributed by atoms with E-state index in [4.69, 9.17) is 5.73 Å². The van der Waals surface area contributed by atoms with Crippen molar-refractivity contribution in [2.45, 2.75) is 44.7 Å². The number of hydrogen-bond acceptors (Lipinski definition) is 2. The fourth-order valence-electron chi connectivity index (χ4n) is 2.24. The molecule has 0 saturated carbocycles. The molecule has 0 bridgehead atoms. The summed E-state index contributed by atoms with van der Waals surface area (Å²) in [5.41, 5.74) is 8.47. The van der Waals surface area contributed by atoms with Crippen LogP contribution < -0.4 is 11.1 Å². The van der Waals surface area contributed by atoms with Crippen molar-refractivity contribution < 1.29 is 4.79 Å². The molecule has 3 N–H and O–H groups in total. The third-order valence-corrected chi connectivity index (χ3v) is 3.41. The lowest BCUT2D eigenvalue weighted by atomic mass is 9.91. The van der Waals surface area contributed by atoms with Crippen LogP contribution in [0.15, 0.2) is 24.3 Å². The van der Waals surface area contributed by atoms with Crippen LogP contribution in [0.3, 0.4) is 0 Å². The van der Waals surface area contributed by atoms with Crippen molar-refractivity contribution in [3.05, 3.63) is 35.4 Å². The van der Waals surface area contributed by atoms with E-state index in [2.05, 4.69) is 43.4 Å². The molecule has 1 aromatic rings. The Morgan fingerprint density at radius 2 is 1.94 bits per heavy atom. The summed E-state index contributed by atoms with van der Waals surface area (Å²) in [6.45, 7) is 4.34. The predicted octanol–water partition coefficient (Wildman–Crippen LogP) is 2.09. The first-order chi connectivity index (χ1) is 8.08. The Hall–Kier alpha value is -1.35. The average Bonchev–Trinajstić information content (AvgIpc) is 2.32. The summed E-state index contributed by atoms with van der Waals surface area (Å²) in [7, 11) is 0. The molecule has 1 aromatic carbocycles. The van der Waals surface area contributed by atoms with Gasteiger partial charge in [0.15, 0.2) is 0 Å². The lowest BCUT2D eigenvalue weighted by molar-refractivity contribution is -0.123. The van der Waals surface area contributed by atoms with Gasteiger partial charge in [-0.05, 0) is 23.5 Å². The molecule has 0 aromatic heterocycles. The van der Waals surface area contributed by atoms with Gasteiger partial charge in [0.05, 0.1) is 6.04 Å². The summed E-state index contributed by atoms with van der Waals surface area (Å²) in [5.74, 6) is 0.628. The molecule has 17 heavy (non-hydrogen) atoms. The highest BCUT2D eigenvalue weighted by atomic mass is 16.1. The van der Waals surface area contributed by atoms with Crippen molar-refractivity contribution in [3.8, 4) is 0 Å². The predicted molar refractivity (Wildman–Crippen MR) is 68.6 cm³/mol. The number of carbonyl (C=O) groups is 1. The Morgan fingerprint density at radius 3 is 2.53 bits per heavy atom. The van der Waals surface area contributed by atoms with Crippen LogP contribution in [0.4, 0.5) is 0 Å². The van der Waals surface area contributed by atoms with Gasteiger partial charge in [-0.15, -0.1) is 0 Å². The van der Waals surface area contributed by atoms with E-state index >= 15 is 0 Å². The highest BCUT2D eigenvalue weighted by Crippen LogP contribution is 2.24. The van der Waals surface area contributed by atoms with Gasteiger partial charge in [0.25, 0.3) is 0 Å². The fourth-order valence-corrected chi connectivity index (χ4v) is 2.24. The molecule has 1 aliphatic heterocycles. The van der Waals surface area contributed by atoms with Crippen molar-refractivity contribution in [1.82, 2.24) is 5.32 Å². The first-order valence-corrected chi connectivity index (χ1v) is 6.22. The Balaban J connectivity index is 2.18. The zero-order valence-corrected chi connectivity index (χ0v) is 10.4. The normalized spacial score (nSPS) is 24.8. The van der Waals surface area contributed by atoms with E-state index in [9.17, 15) is 4.79 Å². The molecule has 2 rings (SSSR count). The maximum Gasteiger partial charge on any atom is 0.220 e.